The first-order valence-electron chi connectivity index (χ1n) is 8.86. The van der Waals surface area contributed by atoms with Crippen LogP contribution in [0.15, 0.2) is 22.8 Å². The van der Waals surface area contributed by atoms with Crippen LogP contribution in [0.1, 0.15) is 31.4 Å². The second-order valence-electron chi connectivity index (χ2n) is 7.62. The molecule has 4 nitrogen and oxygen atoms in total. The van der Waals surface area contributed by atoms with Crippen LogP contribution in [0.5, 0.6) is 0 Å². The van der Waals surface area contributed by atoms with Gasteiger partial charge in [-0.1, -0.05) is 0 Å². The lowest BCUT2D eigenvalue weighted by atomic mass is 9.80. The summed E-state index contributed by atoms with van der Waals surface area (Å²) < 4.78 is 11.5. The Kier molecular flexibility index (Phi) is 4.25. The van der Waals surface area contributed by atoms with Crippen LogP contribution in [0, 0.1) is 11.3 Å². The molecule has 22 heavy (non-hydrogen) atoms. The number of nitrogens with zero attached hydrogens (tertiary/aromatic N) is 2. The predicted molar refractivity (Wildman–Crippen MR) is 85.6 cm³/mol. The summed E-state index contributed by atoms with van der Waals surface area (Å²) >= 11 is 0. The van der Waals surface area contributed by atoms with Gasteiger partial charge in [-0.2, -0.15) is 0 Å². The van der Waals surface area contributed by atoms with Gasteiger partial charge >= 0.3 is 0 Å². The van der Waals surface area contributed by atoms with Crippen molar-refractivity contribution in [3.05, 3.63) is 24.2 Å². The van der Waals surface area contributed by atoms with Gasteiger partial charge in [0.25, 0.3) is 0 Å². The minimum Gasteiger partial charge on any atom is -0.468 e. The van der Waals surface area contributed by atoms with E-state index in [-0.39, 0.29) is 0 Å². The van der Waals surface area contributed by atoms with Crippen LogP contribution in [0.2, 0.25) is 0 Å². The van der Waals surface area contributed by atoms with Gasteiger partial charge < -0.3 is 14.1 Å². The van der Waals surface area contributed by atoms with Gasteiger partial charge in [-0.25, -0.2) is 0 Å². The molecular formula is C18H28N2O2. The SMILES string of the molecule is c1coc(CN2CCCC3(COCCN(CC4CC4)C3)C2)c1. The maximum atomic E-state index is 6.01. The second kappa shape index (κ2) is 6.34. The Hall–Kier alpha value is -0.840. The molecule has 0 N–H and O–H groups in total. The Morgan fingerprint density at radius 3 is 2.91 bits per heavy atom. The lowest BCUT2D eigenvalue weighted by Gasteiger charge is -2.43. The fourth-order valence-electron chi connectivity index (χ4n) is 4.22. The molecule has 1 aromatic heterocycles. The van der Waals surface area contributed by atoms with Crippen molar-refractivity contribution in [2.45, 2.75) is 32.2 Å². The maximum Gasteiger partial charge on any atom is 0.117 e. The summed E-state index contributed by atoms with van der Waals surface area (Å²) in [5.41, 5.74) is 0.330. The molecule has 1 unspecified atom stereocenters. The van der Waals surface area contributed by atoms with E-state index in [9.17, 15) is 0 Å². The van der Waals surface area contributed by atoms with Gasteiger partial charge in [0.05, 0.1) is 26.0 Å². The van der Waals surface area contributed by atoms with Crippen LogP contribution < -0.4 is 0 Å². The molecule has 0 amide bonds. The average Bonchev–Trinajstić information content (AvgIpc) is 3.22. The molecule has 1 spiro atoms. The fourth-order valence-corrected chi connectivity index (χ4v) is 4.22. The zero-order chi connectivity index (χ0) is 14.8. The molecule has 3 aliphatic rings. The summed E-state index contributed by atoms with van der Waals surface area (Å²) in [5, 5.41) is 0. The van der Waals surface area contributed by atoms with Crippen molar-refractivity contribution in [3.8, 4) is 0 Å². The molecule has 0 radical (unpaired) electrons. The molecule has 3 heterocycles. The van der Waals surface area contributed by atoms with Gasteiger partial charge in [0.2, 0.25) is 0 Å². The third kappa shape index (κ3) is 3.55. The van der Waals surface area contributed by atoms with E-state index in [1.54, 1.807) is 6.26 Å². The summed E-state index contributed by atoms with van der Waals surface area (Å²) in [7, 11) is 0. The largest absolute Gasteiger partial charge is 0.468 e. The average molecular weight is 304 g/mol. The smallest absolute Gasteiger partial charge is 0.117 e. The highest BCUT2D eigenvalue weighted by atomic mass is 16.5. The number of rotatable bonds is 4. The summed E-state index contributed by atoms with van der Waals surface area (Å²) in [5.74, 6) is 2.05. The molecule has 0 aromatic carbocycles. The number of likely N-dealkylation sites (tertiary alicyclic amines) is 1. The molecular weight excluding hydrogens is 276 g/mol. The van der Waals surface area contributed by atoms with Crippen molar-refractivity contribution in [2.24, 2.45) is 11.3 Å². The molecule has 3 fully saturated rings. The molecule has 1 atom stereocenters. The van der Waals surface area contributed by atoms with E-state index in [0.717, 1.165) is 44.5 Å². The van der Waals surface area contributed by atoms with Crippen LogP contribution >= 0.6 is 0 Å². The molecule has 4 rings (SSSR count). The number of hydrogen-bond donors (Lipinski definition) is 0. The summed E-state index contributed by atoms with van der Waals surface area (Å²) in [6.45, 7) is 8.75. The van der Waals surface area contributed by atoms with Gasteiger partial charge in [-0.3, -0.25) is 4.90 Å². The van der Waals surface area contributed by atoms with E-state index in [1.165, 1.54) is 45.3 Å². The first kappa shape index (κ1) is 14.7. The van der Waals surface area contributed by atoms with Gasteiger partial charge in [-0.15, -0.1) is 0 Å². The molecule has 2 saturated heterocycles. The first-order valence-corrected chi connectivity index (χ1v) is 8.86. The highest BCUT2D eigenvalue weighted by Gasteiger charge is 2.39. The normalized spacial score (nSPS) is 31.5. The van der Waals surface area contributed by atoms with Crippen molar-refractivity contribution in [1.29, 1.82) is 0 Å². The molecule has 1 aliphatic carbocycles. The summed E-state index contributed by atoms with van der Waals surface area (Å²) in [4.78, 5) is 5.24. The molecule has 122 valence electrons. The van der Waals surface area contributed by atoms with Gasteiger partial charge in [0.15, 0.2) is 0 Å². The van der Waals surface area contributed by atoms with Crippen molar-refractivity contribution < 1.29 is 9.15 Å². The van der Waals surface area contributed by atoms with Crippen LogP contribution in [0.3, 0.4) is 0 Å². The van der Waals surface area contributed by atoms with Crippen LogP contribution in [0.4, 0.5) is 0 Å². The summed E-state index contributed by atoms with van der Waals surface area (Å²) in [6, 6.07) is 4.07. The highest BCUT2D eigenvalue weighted by Crippen LogP contribution is 2.36. The number of furan rings is 1. The van der Waals surface area contributed by atoms with Crippen LogP contribution in [-0.2, 0) is 11.3 Å². The molecule has 1 saturated carbocycles. The van der Waals surface area contributed by atoms with Crippen LogP contribution in [-0.4, -0.2) is 55.7 Å². The Balaban J connectivity index is 1.41. The van der Waals surface area contributed by atoms with Gasteiger partial charge in [-0.05, 0) is 50.3 Å². The Bertz CT molecular complexity index is 471. The first-order chi connectivity index (χ1) is 10.8. The highest BCUT2D eigenvalue weighted by molar-refractivity contribution is 5.00. The number of piperidine rings is 1. The Morgan fingerprint density at radius 1 is 1.18 bits per heavy atom. The maximum absolute atomic E-state index is 6.01. The molecule has 1 aromatic rings. The molecule has 4 heteroatoms. The van der Waals surface area contributed by atoms with Crippen molar-refractivity contribution in [2.75, 3.05) is 45.9 Å². The van der Waals surface area contributed by atoms with Crippen molar-refractivity contribution in [3.63, 3.8) is 0 Å². The zero-order valence-corrected chi connectivity index (χ0v) is 13.5. The predicted octanol–water partition coefficient (Wildman–Crippen LogP) is 2.60. The summed E-state index contributed by atoms with van der Waals surface area (Å²) in [6.07, 6.45) is 7.25. The minimum atomic E-state index is 0.330. The Morgan fingerprint density at radius 2 is 2.09 bits per heavy atom. The zero-order valence-electron chi connectivity index (χ0n) is 13.5. The molecule has 0 bridgehead atoms. The number of hydrogen-bond acceptors (Lipinski definition) is 4. The monoisotopic (exact) mass is 304 g/mol. The molecule has 2 aliphatic heterocycles. The quantitative estimate of drug-likeness (QED) is 0.855. The van der Waals surface area contributed by atoms with E-state index < -0.39 is 0 Å². The minimum absolute atomic E-state index is 0.330. The van der Waals surface area contributed by atoms with E-state index in [2.05, 4.69) is 15.9 Å². The third-order valence-electron chi connectivity index (χ3n) is 5.43. The van der Waals surface area contributed by atoms with Gasteiger partial charge in [0.1, 0.15) is 5.76 Å². The topological polar surface area (TPSA) is 28.9 Å². The lowest BCUT2D eigenvalue weighted by Crippen LogP contribution is -2.50. The van der Waals surface area contributed by atoms with E-state index in [0.29, 0.717) is 5.41 Å². The second-order valence-corrected chi connectivity index (χ2v) is 7.62. The fraction of sp³-hybridized carbons (Fsp3) is 0.778. The van der Waals surface area contributed by atoms with Crippen LogP contribution in [0.25, 0.3) is 0 Å². The van der Waals surface area contributed by atoms with Crippen molar-refractivity contribution in [1.82, 2.24) is 9.80 Å². The van der Waals surface area contributed by atoms with E-state index >= 15 is 0 Å². The van der Waals surface area contributed by atoms with Crippen molar-refractivity contribution >= 4 is 0 Å². The van der Waals surface area contributed by atoms with Gasteiger partial charge in [0, 0.05) is 31.6 Å². The van der Waals surface area contributed by atoms with E-state index in [4.69, 9.17) is 9.15 Å². The standard InChI is InChI=1S/C18H28N2O2/c1-3-17(22-9-1)12-19-7-2-6-18(13-19)14-20(8-10-21-15-18)11-16-4-5-16/h1,3,9,16H,2,4-8,10-15H2. The lowest BCUT2D eigenvalue weighted by molar-refractivity contribution is 0.000905. The number of ether oxygens (including phenoxy) is 1. The Labute approximate surface area is 133 Å². The van der Waals surface area contributed by atoms with E-state index in [1.807, 2.05) is 6.07 Å². The third-order valence-corrected chi connectivity index (χ3v) is 5.43.